The molecule has 0 fully saturated rings. The summed E-state index contributed by atoms with van der Waals surface area (Å²) in [5.74, 6) is -0.413. The summed E-state index contributed by atoms with van der Waals surface area (Å²) in [7, 11) is 0. The van der Waals surface area contributed by atoms with Crippen LogP contribution in [-0.4, -0.2) is 22.8 Å². The van der Waals surface area contributed by atoms with E-state index in [0.29, 0.717) is 24.3 Å². The largest absolute Gasteiger partial charge is 0.489 e. The fourth-order valence-corrected chi connectivity index (χ4v) is 3.80. The molecule has 1 aromatic heterocycles. The van der Waals surface area contributed by atoms with Gasteiger partial charge >= 0.3 is 5.97 Å². The Hall–Kier alpha value is -3.61. The molecule has 0 unspecified atom stereocenters. The fraction of sp³-hybridized carbons (Fsp3) is 0.192. The third-order valence-corrected chi connectivity index (χ3v) is 5.35. The monoisotopic (exact) mass is 431 g/mol. The molecule has 4 aromatic rings. The van der Waals surface area contributed by atoms with Crippen LogP contribution in [0.2, 0.25) is 0 Å². The molecule has 3 aromatic carbocycles. The Morgan fingerprint density at radius 3 is 2.66 bits per heavy atom. The lowest BCUT2D eigenvalue weighted by Gasteiger charge is -2.14. The van der Waals surface area contributed by atoms with Gasteiger partial charge in [-0.3, -0.25) is 4.79 Å². The zero-order chi connectivity index (χ0) is 22.5. The van der Waals surface area contributed by atoms with E-state index >= 15 is 0 Å². The fourth-order valence-electron chi connectivity index (χ4n) is 3.80. The van der Waals surface area contributed by atoms with Crippen molar-refractivity contribution in [1.82, 2.24) is 0 Å². The van der Waals surface area contributed by atoms with Gasteiger partial charge in [0.2, 0.25) is 0 Å². The summed E-state index contributed by atoms with van der Waals surface area (Å²) in [4.78, 5) is 11.3. The smallest absolute Gasteiger partial charge is 0.307 e. The van der Waals surface area contributed by atoms with E-state index in [-0.39, 0.29) is 19.6 Å². The molecule has 6 nitrogen and oxygen atoms in total. The Kier molecular flexibility index (Phi) is 6.54. The van der Waals surface area contributed by atoms with Gasteiger partial charge in [-0.2, -0.15) is 0 Å². The van der Waals surface area contributed by atoms with Gasteiger partial charge in [0.25, 0.3) is 0 Å². The summed E-state index contributed by atoms with van der Waals surface area (Å²) in [6.07, 6.45) is 2.01. The van der Waals surface area contributed by atoms with Crippen LogP contribution in [0.3, 0.4) is 0 Å². The SMILES string of the molecule is NCc1cccc(-c2cc(COc3cc(CCO)ccc3CC(=O)O)cc3ccoc23)c1. The minimum atomic E-state index is -0.924. The van der Waals surface area contributed by atoms with Crippen LogP contribution in [-0.2, 0) is 30.8 Å². The predicted molar refractivity (Wildman–Crippen MR) is 122 cm³/mol. The zero-order valence-electron chi connectivity index (χ0n) is 17.6. The van der Waals surface area contributed by atoms with E-state index in [9.17, 15) is 15.0 Å². The first-order chi connectivity index (χ1) is 15.6. The number of carboxylic acid groups (broad SMARTS) is 1. The first kappa shape index (κ1) is 21.6. The van der Waals surface area contributed by atoms with Crippen molar-refractivity contribution in [3.63, 3.8) is 0 Å². The summed E-state index contributed by atoms with van der Waals surface area (Å²) in [5.41, 5.74) is 12.0. The number of furan rings is 1. The first-order valence-electron chi connectivity index (χ1n) is 10.4. The number of aliphatic hydroxyl groups is 1. The Labute approximate surface area is 185 Å². The highest BCUT2D eigenvalue weighted by Crippen LogP contribution is 2.32. The van der Waals surface area contributed by atoms with Crippen LogP contribution < -0.4 is 10.5 Å². The van der Waals surface area contributed by atoms with Crippen LogP contribution in [0, 0.1) is 0 Å². The molecule has 164 valence electrons. The topological polar surface area (TPSA) is 106 Å². The van der Waals surface area contributed by atoms with Crippen LogP contribution in [0.1, 0.15) is 22.3 Å². The molecule has 0 amide bonds. The van der Waals surface area contributed by atoms with Gasteiger partial charge in [0.15, 0.2) is 0 Å². The van der Waals surface area contributed by atoms with Gasteiger partial charge in [-0.05, 0) is 59.0 Å². The number of carboxylic acids is 1. The van der Waals surface area contributed by atoms with Gasteiger partial charge in [0.05, 0.1) is 12.7 Å². The van der Waals surface area contributed by atoms with E-state index in [0.717, 1.165) is 38.8 Å². The maximum atomic E-state index is 11.3. The molecule has 4 N–H and O–H groups in total. The molecule has 4 rings (SSSR count). The third kappa shape index (κ3) is 4.82. The summed E-state index contributed by atoms with van der Waals surface area (Å²) in [5, 5.41) is 19.4. The summed E-state index contributed by atoms with van der Waals surface area (Å²) in [6, 6.07) is 19.3. The second-order valence-electron chi connectivity index (χ2n) is 7.66. The van der Waals surface area contributed by atoms with Gasteiger partial charge in [-0.25, -0.2) is 0 Å². The van der Waals surface area contributed by atoms with Crippen LogP contribution in [0.5, 0.6) is 5.75 Å². The number of aliphatic hydroxyl groups excluding tert-OH is 1. The molecule has 0 aliphatic rings. The number of fused-ring (bicyclic) bond motifs is 1. The number of carbonyl (C=O) groups is 1. The molecule has 32 heavy (non-hydrogen) atoms. The quantitative estimate of drug-likeness (QED) is 0.365. The number of hydrogen-bond donors (Lipinski definition) is 3. The van der Waals surface area contributed by atoms with Crippen molar-refractivity contribution in [3.05, 3.63) is 89.2 Å². The molecular weight excluding hydrogens is 406 g/mol. The minimum Gasteiger partial charge on any atom is -0.489 e. The van der Waals surface area contributed by atoms with Crippen molar-refractivity contribution in [2.45, 2.75) is 26.0 Å². The van der Waals surface area contributed by atoms with Gasteiger partial charge in [-0.1, -0.05) is 30.3 Å². The Balaban J connectivity index is 1.67. The number of benzene rings is 3. The molecular formula is C26H25NO5. The van der Waals surface area contributed by atoms with Crippen molar-refractivity contribution in [2.24, 2.45) is 5.73 Å². The second-order valence-corrected chi connectivity index (χ2v) is 7.66. The Bertz CT molecular complexity index is 1240. The van der Waals surface area contributed by atoms with Crippen LogP contribution in [0.4, 0.5) is 0 Å². The first-order valence-corrected chi connectivity index (χ1v) is 10.4. The molecule has 0 bridgehead atoms. The van der Waals surface area contributed by atoms with E-state index in [1.807, 2.05) is 48.5 Å². The highest BCUT2D eigenvalue weighted by Gasteiger charge is 2.13. The predicted octanol–water partition coefficient (Wildman–Crippen LogP) is 4.30. The zero-order valence-corrected chi connectivity index (χ0v) is 17.6. The highest BCUT2D eigenvalue weighted by molar-refractivity contribution is 5.93. The maximum Gasteiger partial charge on any atom is 0.307 e. The van der Waals surface area contributed by atoms with E-state index in [1.165, 1.54) is 0 Å². The standard InChI is InChI=1S/C26H25NO5/c27-15-18-2-1-3-20(10-18)23-12-19(11-22-7-9-31-26(22)23)16-32-24-13-17(6-8-28)4-5-21(24)14-25(29)30/h1-5,7,9-13,28H,6,8,14-16,27H2,(H,29,30). The molecule has 0 aliphatic heterocycles. The summed E-state index contributed by atoms with van der Waals surface area (Å²) < 4.78 is 11.8. The highest BCUT2D eigenvalue weighted by atomic mass is 16.5. The van der Waals surface area contributed by atoms with Crippen LogP contribution in [0.25, 0.3) is 22.1 Å². The molecule has 0 atom stereocenters. The van der Waals surface area contributed by atoms with E-state index in [4.69, 9.17) is 14.9 Å². The van der Waals surface area contributed by atoms with Crippen molar-refractivity contribution in [3.8, 4) is 16.9 Å². The summed E-state index contributed by atoms with van der Waals surface area (Å²) in [6.45, 7) is 0.731. The Morgan fingerprint density at radius 1 is 1.00 bits per heavy atom. The number of rotatable bonds is 9. The number of ether oxygens (including phenoxy) is 1. The number of aliphatic carboxylic acids is 1. The van der Waals surface area contributed by atoms with Gasteiger partial charge < -0.3 is 25.1 Å². The summed E-state index contributed by atoms with van der Waals surface area (Å²) >= 11 is 0. The third-order valence-electron chi connectivity index (χ3n) is 5.35. The lowest BCUT2D eigenvalue weighted by Crippen LogP contribution is -2.05. The molecule has 0 radical (unpaired) electrons. The van der Waals surface area contributed by atoms with Gasteiger partial charge in [-0.15, -0.1) is 0 Å². The van der Waals surface area contributed by atoms with Gasteiger partial charge in [0.1, 0.15) is 17.9 Å². The van der Waals surface area contributed by atoms with Crippen molar-refractivity contribution in [1.29, 1.82) is 0 Å². The second kappa shape index (κ2) is 9.68. The molecule has 0 spiro atoms. The molecule has 0 aliphatic carbocycles. The molecule has 0 saturated heterocycles. The van der Waals surface area contributed by atoms with Gasteiger partial charge in [0, 0.05) is 29.7 Å². The average molecular weight is 431 g/mol. The maximum absolute atomic E-state index is 11.3. The molecule has 1 heterocycles. The van der Waals surface area contributed by atoms with E-state index < -0.39 is 5.97 Å². The molecule has 0 saturated carbocycles. The average Bonchev–Trinajstić information content (AvgIpc) is 3.27. The van der Waals surface area contributed by atoms with Crippen LogP contribution >= 0.6 is 0 Å². The van der Waals surface area contributed by atoms with Crippen molar-refractivity contribution in [2.75, 3.05) is 6.61 Å². The lowest BCUT2D eigenvalue weighted by molar-refractivity contribution is -0.136. The minimum absolute atomic E-state index is 0.0140. The normalized spacial score (nSPS) is 11.1. The number of nitrogens with two attached hydrogens (primary N) is 1. The lowest BCUT2D eigenvalue weighted by atomic mass is 9.99. The van der Waals surface area contributed by atoms with E-state index in [1.54, 1.807) is 18.4 Å². The van der Waals surface area contributed by atoms with Crippen molar-refractivity contribution < 1.29 is 24.2 Å². The number of hydrogen-bond acceptors (Lipinski definition) is 5. The van der Waals surface area contributed by atoms with Crippen LogP contribution in [0.15, 0.2) is 71.3 Å². The Morgan fingerprint density at radius 2 is 1.88 bits per heavy atom. The molecule has 6 heteroatoms. The van der Waals surface area contributed by atoms with Crippen molar-refractivity contribution >= 4 is 16.9 Å². The van der Waals surface area contributed by atoms with E-state index in [2.05, 4.69) is 0 Å².